The van der Waals surface area contributed by atoms with E-state index in [1.807, 2.05) is 18.7 Å². The fraction of sp³-hybridized carbons (Fsp3) is 0.700. The van der Waals surface area contributed by atoms with E-state index >= 15 is 0 Å². The summed E-state index contributed by atoms with van der Waals surface area (Å²) in [5.74, 6) is 0. The number of hydrogen-bond acceptors (Lipinski definition) is 2. The van der Waals surface area contributed by atoms with Crippen molar-refractivity contribution in [3.05, 3.63) is 15.9 Å². The van der Waals surface area contributed by atoms with Gasteiger partial charge in [-0.1, -0.05) is 6.92 Å². The summed E-state index contributed by atoms with van der Waals surface area (Å²) in [6.07, 6.45) is 1.19. The number of hydrogen-bond donors (Lipinski definition) is 0. The van der Waals surface area contributed by atoms with Crippen LogP contribution in [0.4, 0.5) is 0 Å². The second-order valence-corrected chi connectivity index (χ2v) is 4.50. The molecule has 1 rings (SSSR count). The summed E-state index contributed by atoms with van der Waals surface area (Å²) in [5.41, 5.74) is 2.31. The van der Waals surface area contributed by atoms with E-state index in [1.165, 1.54) is 12.1 Å². The van der Waals surface area contributed by atoms with E-state index in [0.717, 1.165) is 23.3 Å². The Balaban J connectivity index is 2.75. The van der Waals surface area contributed by atoms with Gasteiger partial charge in [0, 0.05) is 13.6 Å². The second kappa shape index (κ2) is 4.94. The largest absolute Gasteiger partial charge is 0.301 e. The predicted octanol–water partition coefficient (Wildman–Crippen LogP) is 2.33. The van der Waals surface area contributed by atoms with E-state index in [4.69, 9.17) is 0 Å². The van der Waals surface area contributed by atoms with Crippen LogP contribution in [0.5, 0.6) is 0 Å². The summed E-state index contributed by atoms with van der Waals surface area (Å²) in [6, 6.07) is 0. The van der Waals surface area contributed by atoms with E-state index in [1.54, 1.807) is 0 Å². The molecule has 0 N–H and O–H groups in total. The molecule has 0 unspecified atom stereocenters. The summed E-state index contributed by atoms with van der Waals surface area (Å²) >= 11 is 3.57. The van der Waals surface area contributed by atoms with Gasteiger partial charge in [-0.25, -0.2) is 0 Å². The molecule has 3 nitrogen and oxygen atoms in total. The normalized spacial score (nSPS) is 11.3. The van der Waals surface area contributed by atoms with Gasteiger partial charge in [0.15, 0.2) is 0 Å². The summed E-state index contributed by atoms with van der Waals surface area (Å²) < 4.78 is 3.09. The first-order chi connectivity index (χ1) is 6.56. The Hall–Kier alpha value is -0.350. The fourth-order valence-electron chi connectivity index (χ4n) is 1.57. The van der Waals surface area contributed by atoms with Crippen LogP contribution in [0.25, 0.3) is 0 Å². The van der Waals surface area contributed by atoms with Crippen LogP contribution in [-0.2, 0) is 13.6 Å². The van der Waals surface area contributed by atoms with Crippen molar-refractivity contribution in [3.63, 3.8) is 0 Å². The smallest absolute Gasteiger partial charge is 0.0739 e. The van der Waals surface area contributed by atoms with Crippen molar-refractivity contribution in [2.75, 3.05) is 13.6 Å². The highest BCUT2D eigenvalue weighted by Crippen LogP contribution is 2.21. The summed E-state index contributed by atoms with van der Waals surface area (Å²) in [6.45, 7) is 6.29. The van der Waals surface area contributed by atoms with Crippen molar-refractivity contribution >= 4 is 15.9 Å². The van der Waals surface area contributed by atoms with E-state index in [9.17, 15) is 0 Å². The van der Waals surface area contributed by atoms with Crippen molar-refractivity contribution in [2.45, 2.75) is 26.8 Å². The first-order valence-electron chi connectivity index (χ1n) is 4.92. The highest BCUT2D eigenvalue weighted by molar-refractivity contribution is 9.10. The number of nitrogens with zero attached hydrogens (tertiary/aromatic N) is 3. The van der Waals surface area contributed by atoms with Crippen LogP contribution >= 0.6 is 15.9 Å². The van der Waals surface area contributed by atoms with Crippen LogP contribution in [0.3, 0.4) is 0 Å². The molecule has 0 aliphatic rings. The minimum absolute atomic E-state index is 0.950. The van der Waals surface area contributed by atoms with E-state index in [2.05, 4.69) is 39.9 Å². The molecular weight excluding hydrogens is 242 g/mol. The number of aryl methyl sites for hydroxylation is 2. The van der Waals surface area contributed by atoms with Gasteiger partial charge in [-0.05, 0) is 42.9 Å². The maximum Gasteiger partial charge on any atom is 0.0739 e. The third kappa shape index (κ3) is 2.58. The second-order valence-electron chi connectivity index (χ2n) is 3.71. The molecule has 1 aromatic rings. The lowest BCUT2D eigenvalue weighted by Gasteiger charge is -2.15. The molecule has 0 saturated carbocycles. The lowest BCUT2D eigenvalue weighted by atomic mass is 10.3. The average molecular weight is 260 g/mol. The maximum absolute atomic E-state index is 4.37. The first-order valence-corrected chi connectivity index (χ1v) is 5.72. The maximum atomic E-state index is 4.37. The van der Waals surface area contributed by atoms with Crippen molar-refractivity contribution < 1.29 is 0 Å². The minimum atomic E-state index is 0.950. The molecule has 0 aliphatic heterocycles. The zero-order valence-corrected chi connectivity index (χ0v) is 10.9. The van der Waals surface area contributed by atoms with Crippen LogP contribution in [0, 0.1) is 6.92 Å². The molecule has 0 fully saturated rings. The molecule has 0 amide bonds. The van der Waals surface area contributed by atoms with E-state index < -0.39 is 0 Å². The Labute approximate surface area is 94.2 Å². The Morgan fingerprint density at radius 1 is 1.50 bits per heavy atom. The van der Waals surface area contributed by atoms with Gasteiger partial charge in [0.1, 0.15) is 0 Å². The molecule has 4 heteroatoms. The zero-order chi connectivity index (χ0) is 10.7. The Morgan fingerprint density at radius 3 is 2.57 bits per heavy atom. The molecule has 0 bridgehead atoms. The van der Waals surface area contributed by atoms with E-state index in [-0.39, 0.29) is 0 Å². The third-order valence-corrected chi connectivity index (χ3v) is 3.32. The lowest BCUT2D eigenvalue weighted by Crippen LogP contribution is -2.20. The summed E-state index contributed by atoms with van der Waals surface area (Å²) in [7, 11) is 4.13. The molecule has 0 spiro atoms. The molecule has 1 heterocycles. The fourth-order valence-corrected chi connectivity index (χ4v) is 2.03. The monoisotopic (exact) mass is 259 g/mol. The topological polar surface area (TPSA) is 21.1 Å². The SMILES string of the molecule is CCCN(C)Cc1c(Br)c(C)nn1C. The van der Waals surface area contributed by atoms with Gasteiger partial charge < -0.3 is 4.90 Å². The third-order valence-electron chi connectivity index (χ3n) is 2.29. The van der Waals surface area contributed by atoms with Gasteiger partial charge in [0.25, 0.3) is 0 Å². The standard InChI is InChI=1S/C10H18BrN3/c1-5-6-13(3)7-9-10(11)8(2)12-14(9)4/h5-7H2,1-4H3. The Bertz CT molecular complexity index is 307. The average Bonchev–Trinajstić information content (AvgIpc) is 2.33. The summed E-state index contributed by atoms with van der Waals surface area (Å²) in [5, 5.41) is 4.37. The van der Waals surface area contributed by atoms with Gasteiger partial charge in [-0.3, -0.25) is 4.68 Å². The van der Waals surface area contributed by atoms with Crippen molar-refractivity contribution in [3.8, 4) is 0 Å². The molecule has 80 valence electrons. The molecule has 0 radical (unpaired) electrons. The van der Waals surface area contributed by atoms with Gasteiger partial charge >= 0.3 is 0 Å². The lowest BCUT2D eigenvalue weighted by molar-refractivity contribution is 0.317. The van der Waals surface area contributed by atoms with Crippen LogP contribution in [0.15, 0.2) is 4.47 Å². The molecule has 1 aromatic heterocycles. The molecule has 0 aliphatic carbocycles. The van der Waals surface area contributed by atoms with Gasteiger partial charge in [-0.2, -0.15) is 5.10 Å². The molecule has 14 heavy (non-hydrogen) atoms. The van der Waals surface area contributed by atoms with Crippen LogP contribution in [-0.4, -0.2) is 28.3 Å². The van der Waals surface area contributed by atoms with Crippen molar-refractivity contribution in [1.29, 1.82) is 0 Å². The van der Waals surface area contributed by atoms with Crippen LogP contribution < -0.4 is 0 Å². The Morgan fingerprint density at radius 2 is 2.14 bits per heavy atom. The van der Waals surface area contributed by atoms with Crippen molar-refractivity contribution in [2.24, 2.45) is 7.05 Å². The number of aromatic nitrogens is 2. The Kier molecular flexibility index (Phi) is 4.13. The van der Waals surface area contributed by atoms with Gasteiger partial charge in [-0.15, -0.1) is 0 Å². The quantitative estimate of drug-likeness (QED) is 0.828. The van der Waals surface area contributed by atoms with Gasteiger partial charge in [0.05, 0.1) is 15.9 Å². The summed E-state index contributed by atoms with van der Waals surface area (Å²) in [4.78, 5) is 2.31. The molecular formula is C10H18BrN3. The zero-order valence-electron chi connectivity index (χ0n) is 9.34. The highest BCUT2D eigenvalue weighted by atomic mass is 79.9. The van der Waals surface area contributed by atoms with Gasteiger partial charge in [0.2, 0.25) is 0 Å². The van der Waals surface area contributed by atoms with Crippen LogP contribution in [0.2, 0.25) is 0 Å². The van der Waals surface area contributed by atoms with Crippen molar-refractivity contribution in [1.82, 2.24) is 14.7 Å². The molecule has 0 saturated heterocycles. The highest BCUT2D eigenvalue weighted by Gasteiger charge is 2.11. The molecule has 0 atom stereocenters. The number of rotatable bonds is 4. The van der Waals surface area contributed by atoms with Crippen LogP contribution in [0.1, 0.15) is 24.7 Å². The minimum Gasteiger partial charge on any atom is -0.301 e. The predicted molar refractivity (Wildman–Crippen MR) is 62.3 cm³/mol. The first kappa shape index (κ1) is 11.7. The number of halogens is 1. The molecule has 0 aromatic carbocycles. The van der Waals surface area contributed by atoms with E-state index in [0.29, 0.717) is 0 Å².